The largest absolute Gasteiger partial charge is 0.396 e. The number of carbonyl (C=O) groups is 1. The molecule has 24 heavy (non-hydrogen) atoms. The van der Waals surface area contributed by atoms with Gasteiger partial charge in [0.1, 0.15) is 0 Å². The molecule has 7 heteroatoms. The first-order valence-electron chi connectivity index (χ1n) is 7.97. The molecule has 0 radical (unpaired) electrons. The average Bonchev–Trinajstić information content (AvgIpc) is 2.52. The zero-order chi connectivity index (χ0) is 17.0. The lowest BCUT2D eigenvalue weighted by Crippen LogP contribution is -2.52. The van der Waals surface area contributed by atoms with Gasteiger partial charge in [-0.1, -0.05) is 30.3 Å². The van der Waals surface area contributed by atoms with Gasteiger partial charge in [-0.3, -0.25) is 4.79 Å². The summed E-state index contributed by atoms with van der Waals surface area (Å²) in [7, 11) is 0. The van der Waals surface area contributed by atoms with Crippen molar-refractivity contribution in [2.45, 2.75) is 56.8 Å². The second kappa shape index (κ2) is 8.72. The average molecular weight is 365 g/mol. The molecule has 1 aliphatic rings. The second-order valence-electron chi connectivity index (χ2n) is 6.22. The predicted molar refractivity (Wildman–Crippen MR) is 90.1 cm³/mol. The fourth-order valence-corrected chi connectivity index (χ4v) is 3.21. The van der Waals surface area contributed by atoms with E-state index in [-0.39, 0.29) is 30.1 Å². The Bertz CT molecular complexity index is 522. The van der Waals surface area contributed by atoms with Crippen LogP contribution in [0.25, 0.3) is 0 Å². The second-order valence-corrected chi connectivity index (χ2v) is 6.22. The fourth-order valence-electron chi connectivity index (χ4n) is 3.21. The maximum Gasteiger partial charge on any atom is 0.396 e. The minimum absolute atomic E-state index is 0. The van der Waals surface area contributed by atoms with E-state index in [1.807, 2.05) is 0 Å². The van der Waals surface area contributed by atoms with Crippen LogP contribution in [0.2, 0.25) is 0 Å². The van der Waals surface area contributed by atoms with Crippen molar-refractivity contribution in [2.75, 3.05) is 6.54 Å². The highest BCUT2D eigenvalue weighted by Gasteiger charge is 2.43. The van der Waals surface area contributed by atoms with Crippen molar-refractivity contribution in [2.24, 2.45) is 5.73 Å². The summed E-state index contributed by atoms with van der Waals surface area (Å²) in [4.78, 5) is 14.1. The van der Waals surface area contributed by atoms with Crippen LogP contribution in [-0.4, -0.2) is 35.6 Å². The maximum absolute atomic E-state index is 13.4. The van der Waals surface area contributed by atoms with Gasteiger partial charge in [-0.05, 0) is 31.7 Å². The van der Waals surface area contributed by atoms with Gasteiger partial charge in [0, 0.05) is 25.0 Å². The van der Waals surface area contributed by atoms with Crippen molar-refractivity contribution < 1.29 is 18.0 Å². The monoisotopic (exact) mass is 364 g/mol. The van der Waals surface area contributed by atoms with Crippen LogP contribution in [0.15, 0.2) is 30.3 Å². The van der Waals surface area contributed by atoms with Crippen LogP contribution < -0.4 is 5.73 Å². The molecular formula is C17H24ClF3N2O. The third-order valence-electron chi connectivity index (χ3n) is 4.45. The minimum atomic E-state index is -4.45. The molecule has 0 aliphatic carbocycles. The Morgan fingerprint density at radius 1 is 1.29 bits per heavy atom. The molecule has 3 atom stereocenters. The standard InChI is InChI=1S/C17H23F3N2O.ClH/c1-12(21)15-9-5-6-10-22(15)16(23)11-14(17(18,19)20)13-7-3-2-4-8-13;/h2-4,7-8,12,14-15H,5-6,9-11,21H2,1H3;1H. The van der Waals surface area contributed by atoms with Gasteiger partial charge in [0.2, 0.25) is 5.91 Å². The van der Waals surface area contributed by atoms with Gasteiger partial charge in [-0.25, -0.2) is 0 Å². The van der Waals surface area contributed by atoms with Crippen LogP contribution in [-0.2, 0) is 4.79 Å². The first-order chi connectivity index (χ1) is 10.8. The van der Waals surface area contributed by atoms with Crippen LogP contribution in [0.3, 0.4) is 0 Å². The molecule has 1 aromatic rings. The lowest BCUT2D eigenvalue weighted by molar-refractivity contribution is -0.162. The van der Waals surface area contributed by atoms with E-state index in [4.69, 9.17) is 5.73 Å². The zero-order valence-corrected chi connectivity index (χ0v) is 14.4. The number of hydrogen-bond acceptors (Lipinski definition) is 2. The number of nitrogens with zero attached hydrogens (tertiary/aromatic N) is 1. The summed E-state index contributed by atoms with van der Waals surface area (Å²) < 4.78 is 40.2. The minimum Gasteiger partial charge on any atom is -0.338 e. The molecule has 1 amide bonds. The summed E-state index contributed by atoms with van der Waals surface area (Å²) in [6.45, 7) is 2.29. The Labute approximate surface area is 146 Å². The van der Waals surface area contributed by atoms with Gasteiger partial charge >= 0.3 is 6.18 Å². The third-order valence-corrected chi connectivity index (χ3v) is 4.45. The quantitative estimate of drug-likeness (QED) is 0.881. The van der Waals surface area contributed by atoms with Crippen LogP contribution in [0.5, 0.6) is 0 Å². The van der Waals surface area contributed by atoms with Crippen molar-refractivity contribution in [3.63, 3.8) is 0 Å². The molecule has 2 rings (SSSR count). The number of rotatable bonds is 4. The molecule has 2 N–H and O–H groups in total. The van der Waals surface area contributed by atoms with Crippen LogP contribution in [0.1, 0.15) is 44.1 Å². The number of amides is 1. The Morgan fingerprint density at radius 3 is 2.46 bits per heavy atom. The normalized spacial score (nSPS) is 20.9. The smallest absolute Gasteiger partial charge is 0.338 e. The summed E-state index contributed by atoms with van der Waals surface area (Å²) in [5, 5.41) is 0. The van der Waals surface area contributed by atoms with E-state index in [9.17, 15) is 18.0 Å². The van der Waals surface area contributed by atoms with Crippen molar-refractivity contribution in [3.05, 3.63) is 35.9 Å². The predicted octanol–water partition coefficient (Wildman–Crippen LogP) is 3.87. The summed E-state index contributed by atoms with van der Waals surface area (Å²) in [5.41, 5.74) is 6.03. The summed E-state index contributed by atoms with van der Waals surface area (Å²) in [6.07, 6.45) is -2.48. The maximum atomic E-state index is 13.4. The molecule has 1 heterocycles. The number of nitrogens with two attached hydrogens (primary N) is 1. The molecule has 1 fully saturated rings. The van der Waals surface area contributed by atoms with Gasteiger partial charge in [-0.15, -0.1) is 12.4 Å². The van der Waals surface area contributed by atoms with E-state index in [1.165, 1.54) is 12.1 Å². The van der Waals surface area contributed by atoms with Crippen LogP contribution in [0, 0.1) is 0 Å². The Kier molecular flexibility index (Phi) is 7.55. The number of piperidine rings is 1. The van der Waals surface area contributed by atoms with Gasteiger partial charge < -0.3 is 10.6 Å². The lowest BCUT2D eigenvalue weighted by Gasteiger charge is -2.39. The van der Waals surface area contributed by atoms with Gasteiger partial charge in [0.05, 0.1) is 5.92 Å². The topological polar surface area (TPSA) is 46.3 Å². The van der Waals surface area contributed by atoms with Crippen molar-refractivity contribution >= 4 is 18.3 Å². The van der Waals surface area contributed by atoms with E-state index < -0.39 is 24.4 Å². The molecule has 136 valence electrons. The van der Waals surface area contributed by atoms with E-state index in [0.29, 0.717) is 6.54 Å². The van der Waals surface area contributed by atoms with E-state index in [0.717, 1.165) is 19.3 Å². The first kappa shape index (κ1) is 20.8. The van der Waals surface area contributed by atoms with Crippen LogP contribution in [0.4, 0.5) is 13.2 Å². The number of halogens is 4. The molecular weight excluding hydrogens is 341 g/mol. The third kappa shape index (κ3) is 5.11. The van der Waals surface area contributed by atoms with E-state index in [2.05, 4.69) is 0 Å². The van der Waals surface area contributed by atoms with E-state index >= 15 is 0 Å². The van der Waals surface area contributed by atoms with Crippen LogP contribution >= 0.6 is 12.4 Å². The highest BCUT2D eigenvalue weighted by Crippen LogP contribution is 2.38. The molecule has 0 bridgehead atoms. The Hall–Kier alpha value is -1.27. The Balaban J connectivity index is 0.00000288. The lowest BCUT2D eigenvalue weighted by atomic mass is 9.92. The molecule has 3 nitrogen and oxygen atoms in total. The highest BCUT2D eigenvalue weighted by atomic mass is 35.5. The summed E-state index contributed by atoms with van der Waals surface area (Å²) >= 11 is 0. The van der Waals surface area contributed by atoms with Crippen molar-refractivity contribution in [1.82, 2.24) is 4.90 Å². The number of benzene rings is 1. The molecule has 0 aromatic heterocycles. The first-order valence-corrected chi connectivity index (χ1v) is 7.97. The molecule has 0 spiro atoms. The summed E-state index contributed by atoms with van der Waals surface area (Å²) in [5.74, 6) is -2.23. The van der Waals surface area contributed by atoms with Crippen molar-refractivity contribution in [1.29, 1.82) is 0 Å². The number of alkyl halides is 3. The SMILES string of the molecule is CC(N)C1CCCCN1C(=O)CC(c1ccccc1)C(F)(F)F.Cl. The number of carbonyl (C=O) groups excluding carboxylic acids is 1. The van der Waals surface area contributed by atoms with Crippen molar-refractivity contribution in [3.8, 4) is 0 Å². The highest BCUT2D eigenvalue weighted by molar-refractivity contribution is 5.85. The molecule has 1 saturated heterocycles. The van der Waals surface area contributed by atoms with Gasteiger partial charge in [0.25, 0.3) is 0 Å². The van der Waals surface area contributed by atoms with Gasteiger partial charge in [0.15, 0.2) is 0 Å². The van der Waals surface area contributed by atoms with E-state index in [1.54, 1.807) is 30.0 Å². The summed E-state index contributed by atoms with van der Waals surface area (Å²) in [6, 6.07) is 7.22. The number of likely N-dealkylation sites (tertiary alicyclic amines) is 1. The molecule has 1 aliphatic heterocycles. The fraction of sp³-hybridized carbons (Fsp3) is 0.588. The molecule has 0 saturated carbocycles. The molecule has 3 unspecified atom stereocenters. The zero-order valence-electron chi connectivity index (χ0n) is 13.6. The Morgan fingerprint density at radius 2 is 1.92 bits per heavy atom. The number of hydrogen-bond donors (Lipinski definition) is 1. The van der Waals surface area contributed by atoms with Gasteiger partial charge in [-0.2, -0.15) is 13.2 Å². The molecule has 1 aromatic carbocycles.